The van der Waals surface area contributed by atoms with Crippen LogP contribution in [0.5, 0.6) is 0 Å². The average molecular weight is 416 g/mol. The minimum atomic E-state index is -1.08. The summed E-state index contributed by atoms with van der Waals surface area (Å²) in [7, 11) is 1.72. The number of benzene rings is 2. The van der Waals surface area contributed by atoms with E-state index in [2.05, 4.69) is 5.32 Å². The highest BCUT2D eigenvalue weighted by Gasteiger charge is 2.40. The molecule has 2 unspecified atom stereocenters. The van der Waals surface area contributed by atoms with Gasteiger partial charge in [-0.25, -0.2) is 13.2 Å². The zero-order chi connectivity index (χ0) is 21.6. The Morgan fingerprint density at radius 2 is 1.93 bits per heavy atom. The van der Waals surface area contributed by atoms with Gasteiger partial charge in [0.15, 0.2) is 11.6 Å². The number of anilines is 1. The Labute approximate surface area is 170 Å². The second-order valence-electron chi connectivity index (χ2n) is 7.51. The van der Waals surface area contributed by atoms with E-state index in [1.807, 2.05) is 0 Å². The van der Waals surface area contributed by atoms with E-state index >= 15 is 0 Å². The van der Waals surface area contributed by atoms with Crippen molar-refractivity contribution in [2.75, 3.05) is 5.32 Å². The maximum Gasteiger partial charge on any atom is 0.227 e. The molecule has 5 nitrogen and oxygen atoms in total. The van der Waals surface area contributed by atoms with Gasteiger partial charge in [-0.05, 0) is 42.3 Å². The van der Waals surface area contributed by atoms with Gasteiger partial charge in [0.05, 0.1) is 6.61 Å². The van der Waals surface area contributed by atoms with Crippen LogP contribution >= 0.6 is 0 Å². The lowest BCUT2D eigenvalue weighted by Gasteiger charge is -2.13. The fraction of sp³-hybridized carbons (Fsp3) is 0.273. The first-order valence-electron chi connectivity index (χ1n) is 9.46. The van der Waals surface area contributed by atoms with Crippen LogP contribution in [0.25, 0.3) is 10.9 Å². The summed E-state index contributed by atoms with van der Waals surface area (Å²) in [5.74, 6) is -4.58. The molecular weight excluding hydrogens is 397 g/mol. The molecule has 0 aliphatic heterocycles. The fourth-order valence-electron chi connectivity index (χ4n) is 4.26. The molecule has 2 aromatic carbocycles. The van der Waals surface area contributed by atoms with Crippen LogP contribution in [0.2, 0.25) is 0 Å². The van der Waals surface area contributed by atoms with E-state index in [-0.39, 0.29) is 30.9 Å². The number of nitrogens with zero attached hydrogens (tertiary/aromatic N) is 1. The first-order chi connectivity index (χ1) is 14.3. The maximum atomic E-state index is 13.9. The average Bonchev–Trinajstić information content (AvgIpc) is 3.21. The molecule has 8 heteroatoms. The second-order valence-corrected chi connectivity index (χ2v) is 7.51. The van der Waals surface area contributed by atoms with Crippen molar-refractivity contribution >= 4 is 28.3 Å². The predicted octanol–water partition coefficient (Wildman–Crippen LogP) is 3.79. The summed E-state index contributed by atoms with van der Waals surface area (Å²) < 4.78 is 42.0. The Morgan fingerprint density at radius 1 is 1.17 bits per heavy atom. The third kappa shape index (κ3) is 3.37. The molecule has 156 valence electrons. The van der Waals surface area contributed by atoms with E-state index in [0.717, 1.165) is 12.1 Å². The Bertz CT molecular complexity index is 1170. The van der Waals surface area contributed by atoms with Gasteiger partial charge in [0.1, 0.15) is 11.6 Å². The van der Waals surface area contributed by atoms with Gasteiger partial charge in [-0.3, -0.25) is 9.59 Å². The molecule has 1 heterocycles. The van der Waals surface area contributed by atoms with Crippen molar-refractivity contribution in [2.24, 2.45) is 13.0 Å². The molecule has 2 atom stereocenters. The van der Waals surface area contributed by atoms with Crippen molar-refractivity contribution in [3.05, 3.63) is 65.1 Å². The number of nitrogens with one attached hydrogen (secondary N) is 1. The van der Waals surface area contributed by atoms with Crippen LogP contribution in [0.3, 0.4) is 0 Å². The van der Waals surface area contributed by atoms with Gasteiger partial charge in [-0.1, -0.05) is 0 Å². The van der Waals surface area contributed by atoms with Crippen LogP contribution in [-0.4, -0.2) is 21.4 Å². The van der Waals surface area contributed by atoms with Crippen molar-refractivity contribution < 1.29 is 27.9 Å². The molecule has 0 bridgehead atoms. The molecule has 3 aromatic rings. The third-order valence-electron chi connectivity index (χ3n) is 5.74. The predicted molar refractivity (Wildman–Crippen MR) is 104 cm³/mol. The highest BCUT2D eigenvalue weighted by Crippen LogP contribution is 2.42. The van der Waals surface area contributed by atoms with E-state index in [1.54, 1.807) is 17.7 Å². The fourth-order valence-corrected chi connectivity index (χ4v) is 4.26. The molecule has 0 spiro atoms. The van der Waals surface area contributed by atoms with Crippen LogP contribution in [0.15, 0.2) is 36.4 Å². The summed E-state index contributed by atoms with van der Waals surface area (Å²) >= 11 is 0. The van der Waals surface area contributed by atoms with Crippen molar-refractivity contribution in [1.82, 2.24) is 4.57 Å². The summed E-state index contributed by atoms with van der Waals surface area (Å²) in [6.07, 6.45) is 0.147. The van der Waals surface area contributed by atoms with Gasteiger partial charge in [-0.2, -0.15) is 0 Å². The molecule has 1 aliphatic carbocycles. The first kappa shape index (κ1) is 20.2. The SMILES string of the molecule is Cn1c(CO)c(C2CC(C(=O)Nc3ccc(F)c(F)c3)CC2=O)c2cc(F)ccc21. The smallest absolute Gasteiger partial charge is 0.227 e. The van der Waals surface area contributed by atoms with Crippen LogP contribution in [0.4, 0.5) is 18.9 Å². The molecule has 0 saturated heterocycles. The van der Waals surface area contributed by atoms with Gasteiger partial charge in [0.2, 0.25) is 5.91 Å². The Morgan fingerprint density at radius 3 is 2.63 bits per heavy atom. The van der Waals surface area contributed by atoms with Crippen LogP contribution in [0, 0.1) is 23.4 Å². The highest BCUT2D eigenvalue weighted by atomic mass is 19.2. The van der Waals surface area contributed by atoms with Crippen molar-refractivity contribution in [3.63, 3.8) is 0 Å². The van der Waals surface area contributed by atoms with Crippen molar-refractivity contribution in [3.8, 4) is 0 Å². The number of aliphatic hydroxyl groups is 1. The lowest BCUT2D eigenvalue weighted by Crippen LogP contribution is -2.21. The van der Waals surface area contributed by atoms with Crippen LogP contribution in [0.1, 0.15) is 30.0 Å². The number of aliphatic hydroxyl groups excluding tert-OH is 1. The topological polar surface area (TPSA) is 71.3 Å². The molecule has 2 N–H and O–H groups in total. The molecule has 30 heavy (non-hydrogen) atoms. The molecule has 4 rings (SSSR count). The number of aryl methyl sites for hydroxylation is 1. The quantitative estimate of drug-likeness (QED) is 0.680. The Kier molecular flexibility index (Phi) is 5.11. The van der Waals surface area contributed by atoms with Crippen molar-refractivity contribution in [2.45, 2.75) is 25.4 Å². The minimum Gasteiger partial charge on any atom is -0.390 e. The number of rotatable bonds is 4. The lowest BCUT2D eigenvalue weighted by atomic mass is 9.92. The van der Waals surface area contributed by atoms with Gasteiger partial charge in [0, 0.05) is 53.7 Å². The van der Waals surface area contributed by atoms with E-state index in [0.29, 0.717) is 22.2 Å². The summed E-state index contributed by atoms with van der Waals surface area (Å²) in [5, 5.41) is 12.9. The number of Topliss-reactive ketones (excluding diaryl/α,β-unsaturated/α-hetero) is 1. The summed E-state index contributed by atoms with van der Waals surface area (Å²) in [5.41, 5.74) is 1.80. The van der Waals surface area contributed by atoms with Crippen molar-refractivity contribution in [1.29, 1.82) is 0 Å². The number of aromatic nitrogens is 1. The van der Waals surface area contributed by atoms with E-state index in [1.165, 1.54) is 18.2 Å². The number of ketones is 1. The minimum absolute atomic E-state index is 0.0310. The van der Waals surface area contributed by atoms with Crippen LogP contribution in [-0.2, 0) is 23.2 Å². The van der Waals surface area contributed by atoms with Gasteiger partial charge in [0.25, 0.3) is 0 Å². The number of hydrogen-bond acceptors (Lipinski definition) is 3. The normalized spacial score (nSPS) is 18.9. The number of carbonyl (C=O) groups is 2. The summed E-state index contributed by atoms with van der Waals surface area (Å²) in [6.45, 7) is -0.336. The first-order valence-corrected chi connectivity index (χ1v) is 9.46. The Balaban J connectivity index is 1.63. The Hall–Kier alpha value is -3.13. The second kappa shape index (κ2) is 7.60. The largest absolute Gasteiger partial charge is 0.390 e. The monoisotopic (exact) mass is 416 g/mol. The number of amides is 1. The summed E-state index contributed by atoms with van der Waals surface area (Å²) in [6, 6.07) is 7.24. The highest BCUT2D eigenvalue weighted by molar-refractivity contribution is 6.02. The molecule has 1 amide bonds. The standard InChI is InChI=1S/C22H19F3N2O3/c1-27-18-5-2-12(23)8-14(18)21(19(27)10-28)15-6-11(7-20(15)29)22(30)26-13-3-4-16(24)17(25)9-13/h2-5,8-9,11,15,28H,6-7,10H2,1H3,(H,26,30). The molecule has 0 radical (unpaired) electrons. The third-order valence-corrected chi connectivity index (χ3v) is 5.74. The number of halogens is 3. The summed E-state index contributed by atoms with van der Waals surface area (Å²) in [4.78, 5) is 25.4. The van der Waals surface area contributed by atoms with Gasteiger partial charge >= 0.3 is 0 Å². The molecular formula is C22H19F3N2O3. The molecule has 1 aliphatic rings. The van der Waals surface area contributed by atoms with E-state index in [4.69, 9.17) is 0 Å². The lowest BCUT2D eigenvalue weighted by molar-refractivity contribution is -0.123. The molecule has 1 saturated carbocycles. The van der Waals surface area contributed by atoms with E-state index < -0.39 is 35.2 Å². The number of fused-ring (bicyclic) bond motifs is 1. The zero-order valence-corrected chi connectivity index (χ0v) is 16.1. The van der Waals surface area contributed by atoms with Crippen LogP contribution < -0.4 is 5.32 Å². The maximum absolute atomic E-state index is 13.9. The van der Waals surface area contributed by atoms with Gasteiger partial charge in [-0.15, -0.1) is 0 Å². The van der Waals surface area contributed by atoms with E-state index in [9.17, 15) is 27.9 Å². The number of hydrogen-bond donors (Lipinski definition) is 2. The number of carbonyl (C=O) groups excluding carboxylic acids is 2. The van der Waals surface area contributed by atoms with Gasteiger partial charge < -0.3 is 15.0 Å². The molecule has 1 fully saturated rings. The molecule has 1 aromatic heterocycles. The zero-order valence-electron chi connectivity index (χ0n) is 16.1.